The van der Waals surface area contributed by atoms with Gasteiger partial charge in [-0.05, 0) is 31.0 Å². The molecule has 11 heteroatoms. The molecule has 0 spiro atoms. The number of aromatic nitrogens is 6. The van der Waals surface area contributed by atoms with E-state index >= 15 is 0 Å². The van der Waals surface area contributed by atoms with Gasteiger partial charge in [0.05, 0.1) is 17.8 Å². The largest absolute Gasteiger partial charge is 0.433 e. The molecule has 0 saturated carbocycles. The van der Waals surface area contributed by atoms with Gasteiger partial charge in [-0.1, -0.05) is 25.1 Å². The number of H-pyrrole nitrogens is 1. The molecule has 4 rings (SSSR count). The first-order valence-electron chi connectivity index (χ1n) is 11.0. The molecule has 34 heavy (non-hydrogen) atoms. The molecular formula is C23H26F3N7O. The molecule has 2 atom stereocenters. The first-order valence-corrected chi connectivity index (χ1v) is 11.0. The topological polar surface area (TPSA) is 105 Å². The third-order valence-corrected chi connectivity index (χ3v) is 5.87. The summed E-state index contributed by atoms with van der Waals surface area (Å²) in [6, 6.07) is 8.08. The molecule has 0 radical (unpaired) electrons. The highest BCUT2D eigenvalue weighted by Gasteiger charge is 2.35. The Kier molecular flexibility index (Phi) is 6.67. The Labute approximate surface area is 194 Å². The van der Waals surface area contributed by atoms with E-state index in [1.165, 1.54) is 0 Å². The Hall–Kier alpha value is -3.31. The third kappa shape index (κ3) is 4.53. The first kappa shape index (κ1) is 23.8. The highest BCUT2D eigenvalue weighted by Crippen LogP contribution is 2.37. The van der Waals surface area contributed by atoms with Crippen LogP contribution < -0.4 is 5.32 Å². The molecule has 0 aliphatic rings. The number of nitrogens with one attached hydrogen (secondary N) is 2. The number of aryl methyl sites for hydroxylation is 1. The van der Waals surface area contributed by atoms with Crippen LogP contribution in [0.2, 0.25) is 0 Å². The van der Waals surface area contributed by atoms with Crippen LogP contribution in [0.5, 0.6) is 0 Å². The van der Waals surface area contributed by atoms with E-state index in [2.05, 4.69) is 30.7 Å². The Balaban J connectivity index is 1.84. The van der Waals surface area contributed by atoms with Crippen molar-refractivity contribution in [2.45, 2.75) is 38.4 Å². The number of aromatic amines is 1. The predicted octanol–water partition coefficient (Wildman–Crippen LogP) is 3.96. The van der Waals surface area contributed by atoms with E-state index in [0.29, 0.717) is 22.2 Å². The lowest BCUT2D eigenvalue weighted by molar-refractivity contribution is -0.141. The molecule has 0 bridgehead atoms. The summed E-state index contributed by atoms with van der Waals surface area (Å²) in [5, 5.41) is 27.9. The van der Waals surface area contributed by atoms with Gasteiger partial charge in [-0.3, -0.25) is 5.10 Å². The number of nitrogens with zero attached hydrogens (tertiary/aromatic N) is 5. The van der Waals surface area contributed by atoms with Crippen LogP contribution in [0.3, 0.4) is 0 Å². The molecule has 3 N–H and O–H groups in total. The maximum atomic E-state index is 13.7. The molecule has 0 fully saturated rings. The van der Waals surface area contributed by atoms with Crippen molar-refractivity contribution in [1.29, 1.82) is 0 Å². The molecule has 3 aromatic heterocycles. The van der Waals surface area contributed by atoms with Crippen LogP contribution in [-0.2, 0) is 13.2 Å². The lowest BCUT2D eigenvalue weighted by Crippen LogP contribution is -2.24. The zero-order valence-corrected chi connectivity index (χ0v) is 19.1. The van der Waals surface area contributed by atoms with Gasteiger partial charge in [-0.2, -0.15) is 18.3 Å². The molecule has 180 valence electrons. The number of halogens is 3. The van der Waals surface area contributed by atoms with Gasteiger partial charge in [-0.15, -0.1) is 10.2 Å². The van der Waals surface area contributed by atoms with E-state index in [9.17, 15) is 13.2 Å². The van der Waals surface area contributed by atoms with Gasteiger partial charge in [0.1, 0.15) is 23.5 Å². The van der Waals surface area contributed by atoms with Crippen molar-refractivity contribution in [2.75, 3.05) is 13.2 Å². The second-order valence-corrected chi connectivity index (χ2v) is 8.17. The van der Waals surface area contributed by atoms with E-state index in [-0.39, 0.29) is 24.8 Å². The summed E-state index contributed by atoms with van der Waals surface area (Å²) in [5.41, 5.74) is 1.69. The van der Waals surface area contributed by atoms with Crippen LogP contribution in [-0.4, -0.2) is 48.2 Å². The second kappa shape index (κ2) is 9.51. The first-order chi connectivity index (χ1) is 16.2. The summed E-state index contributed by atoms with van der Waals surface area (Å²) in [6.45, 7) is 3.83. The zero-order chi connectivity index (χ0) is 24.5. The van der Waals surface area contributed by atoms with Gasteiger partial charge in [0.15, 0.2) is 0 Å². The van der Waals surface area contributed by atoms with Crippen molar-refractivity contribution in [3.05, 3.63) is 59.4 Å². The van der Waals surface area contributed by atoms with Crippen molar-refractivity contribution in [3.8, 4) is 11.3 Å². The average molecular weight is 474 g/mol. The average Bonchev–Trinajstić information content (AvgIpc) is 3.43. The summed E-state index contributed by atoms with van der Waals surface area (Å²) in [6.07, 6.45) is -2.20. The zero-order valence-electron chi connectivity index (χ0n) is 19.1. The number of benzene rings is 1. The van der Waals surface area contributed by atoms with Crippen molar-refractivity contribution < 1.29 is 18.3 Å². The van der Waals surface area contributed by atoms with E-state index in [1.807, 2.05) is 42.8 Å². The summed E-state index contributed by atoms with van der Waals surface area (Å²) >= 11 is 0. The predicted molar refractivity (Wildman–Crippen MR) is 121 cm³/mol. The molecule has 0 amide bonds. The molecule has 0 aliphatic carbocycles. The molecule has 3 heterocycles. The van der Waals surface area contributed by atoms with Gasteiger partial charge < -0.3 is 15.0 Å². The van der Waals surface area contributed by atoms with Gasteiger partial charge in [0.25, 0.3) is 0 Å². The summed E-state index contributed by atoms with van der Waals surface area (Å²) < 4.78 is 42.9. The minimum atomic E-state index is -4.62. The highest BCUT2D eigenvalue weighted by atomic mass is 19.4. The van der Waals surface area contributed by atoms with Crippen molar-refractivity contribution in [1.82, 2.24) is 35.3 Å². The number of pyridine rings is 1. The Morgan fingerprint density at radius 2 is 2.03 bits per heavy atom. The molecule has 8 nitrogen and oxygen atoms in total. The quantitative estimate of drug-likeness (QED) is 0.358. The monoisotopic (exact) mass is 473 g/mol. The smallest absolute Gasteiger partial charge is 0.395 e. The SMILES string of the molecule is CCC(c1cccc(-c2n[nH]c3c([C@@H](C)NCCO)nc(C(F)(F)F)cc23)c1)c1nncn1C. The van der Waals surface area contributed by atoms with Crippen molar-refractivity contribution in [3.63, 3.8) is 0 Å². The Morgan fingerprint density at radius 3 is 2.68 bits per heavy atom. The van der Waals surface area contributed by atoms with Crippen LogP contribution in [0.1, 0.15) is 55.0 Å². The summed E-state index contributed by atoms with van der Waals surface area (Å²) in [4.78, 5) is 3.88. The van der Waals surface area contributed by atoms with Crippen LogP contribution in [0.4, 0.5) is 13.2 Å². The number of alkyl halides is 3. The standard InChI is InChI=1S/C23H26F3N7O/c1-4-16(22-32-28-12-33(22)3)14-6-5-7-15(10-14)20-17-11-18(23(24,25)26)29-19(21(17)31-30-20)13(2)27-8-9-34/h5-7,10-13,16,27,34H,4,8-9H2,1-3H3,(H,30,31)/t13-,16?/m1/s1. The normalized spacial score (nSPS) is 14.0. The van der Waals surface area contributed by atoms with Crippen LogP contribution in [0.25, 0.3) is 22.2 Å². The summed E-state index contributed by atoms with van der Waals surface area (Å²) in [7, 11) is 1.88. The fraction of sp³-hybridized carbons (Fsp3) is 0.391. The Morgan fingerprint density at radius 1 is 1.24 bits per heavy atom. The lowest BCUT2D eigenvalue weighted by atomic mass is 9.93. The molecule has 1 unspecified atom stereocenters. The maximum absolute atomic E-state index is 13.7. The van der Waals surface area contributed by atoms with E-state index < -0.39 is 17.9 Å². The lowest BCUT2D eigenvalue weighted by Gasteiger charge is -2.16. The number of aliphatic hydroxyl groups is 1. The molecule has 1 aromatic carbocycles. The minimum Gasteiger partial charge on any atom is -0.395 e. The molecular weight excluding hydrogens is 447 g/mol. The fourth-order valence-corrected chi connectivity index (χ4v) is 4.18. The van der Waals surface area contributed by atoms with Crippen LogP contribution in [0.15, 0.2) is 36.7 Å². The fourth-order valence-electron chi connectivity index (χ4n) is 4.18. The third-order valence-electron chi connectivity index (χ3n) is 5.87. The van der Waals surface area contributed by atoms with Gasteiger partial charge in [-0.25, -0.2) is 4.98 Å². The number of hydrogen-bond acceptors (Lipinski definition) is 6. The van der Waals surface area contributed by atoms with E-state index in [4.69, 9.17) is 5.11 Å². The molecule has 4 aromatic rings. The highest BCUT2D eigenvalue weighted by molar-refractivity contribution is 5.94. The maximum Gasteiger partial charge on any atom is 0.433 e. The van der Waals surface area contributed by atoms with Gasteiger partial charge >= 0.3 is 6.18 Å². The van der Waals surface area contributed by atoms with Crippen LogP contribution in [0, 0.1) is 0 Å². The Bertz CT molecular complexity index is 1280. The number of fused-ring (bicyclic) bond motifs is 1. The van der Waals surface area contributed by atoms with Gasteiger partial charge in [0, 0.05) is 36.5 Å². The van der Waals surface area contributed by atoms with Gasteiger partial charge in [0.2, 0.25) is 0 Å². The van der Waals surface area contributed by atoms with Crippen molar-refractivity contribution in [2.24, 2.45) is 7.05 Å². The van der Waals surface area contributed by atoms with E-state index in [1.54, 1.807) is 13.3 Å². The van der Waals surface area contributed by atoms with Crippen molar-refractivity contribution >= 4 is 10.9 Å². The minimum absolute atomic E-state index is 0.0247. The number of rotatable bonds is 8. The van der Waals surface area contributed by atoms with E-state index in [0.717, 1.165) is 23.9 Å². The number of aliphatic hydroxyl groups excluding tert-OH is 1. The number of hydrogen-bond donors (Lipinski definition) is 3. The molecule has 0 saturated heterocycles. The summed E-state index contributed by atoms with van der Waals surface area (Å²) in [5.74, 6) is 0.782. The second-order valence-electron chi connectivity index (χ2n) is 8.17. The molecule has 0 aliphatic heterocycles. The van der Waals surface area contributed by atoms with Crippen LogP contribution >= 0.6 is 0 Å².